The van der Waals surface area contributed by atoms with E-state index in [1.165, 1.54) is 4.57 Å². The van der Waals surface area contributed by atoms with E-state index in [2.05, 4.69) is 65.7 Å². The lowest BCUT2D eigenvalue weighted by atomic mass is 9.92. The van der Waals surface area contributed by atoms with Gasteiger partial charge < -0.3 is 4.57 Å². The summed E-state index contributed by atoms with van der Waals surface area (Å²) in [6.45, 7) is 13.3. The Kier molecular flexibility index (Phi) is 8.29. The fourth-order valence-corrected chi connectivity index (χ4v) is 6.02. The second-order valence-corrected chi connectivity index (χ2v) is 13.6. The number of imidazole rings is 1. The van der Waals surface area contributed by atoms with E-state index in [4.69, 9.17) is 4.98 Å². The molecule has 1 atom stereocenters. The highest BCUT2D eigenvalue weighted by Crippen LogP contribution is 2.31. The van der Waals surface area contributed by atoms with Gasteiger partial charge in [0.15, 0.2) is 17.0 Å². The van der Waals surface area contributed by atoms with Gasteiger partial charge in [-0.15, -0.1) is 5.10 Å². The molecule has 0 aliphatic heterocycles. The highest BCUT2D eigenvalue weighted by molar-refractivity contribution is 5.80. The van der Waals surface area contributed by atoms with Crippen LogP contribution in [-0.2, 0) is 19.5 Å². The summed E-state index contributed by atoms with van der Waals surface area (Å²) in [6.07, 6.45) is 0.635. The lowest BCUT2D eigenvalue weighted by Crippen LogP contribution is -2.42. The van der Waals surface area contributed by atoms with Gasteiger partial charge >= 0.3 is 5.69 Å². The van der Waals surface area contributed by atoms with Gasteiger partial charge in [-0.05, 0) is 50.9 Å². The van der Waals surface area contributed by atoms with Crippen LogP contribution in [0.25, 0.3) is 33.7 Å². The average Bonchev–Trinajstić information content (AvgIpc) is 3.68. The topological polar surface area (TPSA) is 116 Å². The predicted molar refractivity (Wildman–Crippen MR) is 181 cm³/mol. The fraction of sp³-hybridized carbons (Fsp3) is 0.333. The van der Waals surface area contributed by atoms with E-state index in [-0.39, 0.29) is 28.6 Å². The molecule has 0 aliphatic carbocycles. The van der Waals surface area contributed by atoms with Crippen LogP contribution in [0.4, 0.5) is 0 Å². The highest BCUT2D eigenvalue weighted by Gasteiger charge is 2.27. The predicted octanol–water partition coefficient (Wildman–Crippen LogP) is 6.11. The molecule has 3 aromatic heterocycles. The van der Waals surface area contributed by atoms with Crippen LogP contribution in [0.3, 0.4) is 0 Å². The molecule has 46 heavy (non-hydrogen) atoms. The monoisotopic (exact) mass is 616 g/mol. The SMILES string of the molecule is CC(C)Cn1c(=O)c2c(nc(CC(C)(C)C)n2Cc2ccc(-c3ccccc3-c3nnn[nH]3)cc2)n(C(C)c2ccccc2)c1=O. The Morgan fingerprint density at radius 3 is 2.13 bits per heavy atom. The van der Waals surface area contributed by atoms with E-state index in [9.17, 15) is 9.59 Å². The quantitative estimate of drug-likeness (QED) is 0.210. The molecule has 1 unspecified atom stereocenters. The smallest absolute Gasteiger partial charge is 0.318 e. The second-order valence-electron chi connectivity index (χ2n) is 13.6. The minimum absolute atomic E-state index is 0.102. The normalized spacial score (nSPS) is 12.7. The Bertz CT molecular complexity index is 2080. The van der Waals surface area contributed by atoms with Crippen molar-refractivity contribution < 1.29 is 0 Å². The summed E-state index contributed by atoms with van der Waals surface area (Å²) in [6, 6.07) is 25.9. The van der Waals surface area contributed by atoms with Gasteiger partial charge in [0.2, 0.25) is 0 Å². The zero-order valence-electron chi connectivity index (χ0n) is 27.2. The number of rotatable bonds is 9. The first-order valence-electron chi connectivity index (χ1n) is 15.7. The molecule has 1 N–H and O–H groups in total. The third-order valence-corrected chi connectivity index (χ3v) is 8.18. The summed E-state index contributed by atoms with van der Waals surface area (Å²) in [5.41, 5.74) is 5.07. The number of hydrogen-bond acceptors (Lipinski definition) is 6. The van der Waals surface area contributed by atoms with Crippen LogP contribution in [0.15, 0.2) is 88.5 Å². The maximum atomic E-state index is 14.2. The number of H-pyrrole nitrogens is 1. The minimum atomic E-state index is -0.334. The zero-order valence-corrected chi connectivity index (χ0v) is 27.2. The van der Waals surface area contributed by atoms with E-state index >= 15 is 0 Å². The summed E-state index contributed by atoms with van der Waals surface area (Å²) in [5, 5.41) is 14.4. The van der Waals surface area contributed by atoms with Crippen molar-refractivity contribution in [3.8, 4) is 22.5 Å². The molecular formula is C36H40N8O2. The van der Waals surface area contributed by atoms with E-state index in [0.29, 0.717) is 36.5 Å². The maximum Gasteiger partial charge on any atom is 0.333 e. The molecule has 0 saturated carbocycles. The molecule has 0 aliphatic rings. The Balaban J connectivity index is 1.51. The summed E-state index contributed by atoms with van der Waals surface area (Å²) in [7, 11) is 0. The molecule has 6 rings (SSSR count). The first-order valence-corrected chi connectivity index (χ1v) is 15.7. The lowest BCUT2D eigenvalue weighted by molar-refractivity contribution is 0.394. The fourth-order valence-electron chi connectivity index (χ4n) is 6.02. The average molecular weight is 617 g/mol. The van der Waals surface area contributed by atoms with Crippen LogP contribution in [-0.4, -0.2) is 39.3 Å². The molecule has 0 amide bonds. The van der Waals surface area contributed by atoms with Crippen molar-refractivity contribution in [2.24, 2.45) is 11.3 Å². The summed E-state index contributed by atoms with van der Waals surface area (Å²) in [4.78, 5) is 33.4. The van der Waals surface area contributed by atoms with Crippen molar-refractivity contribution in [3.05, 3.63) is 117 Å². The summed E-state index contributed by atoms with van der Waals surface area (Å²) >= 11 is 0. The standard InChI is InChI=1S/C36H40N8O2/c1-23(2)21-43-34(45)31-33(44(35(43)46)24(3)26-12-8-7-9-13-26)37-30(20-36(4,5)6)42(31)22-25-16-18-27(19-17-25)28-14-10-11-15-29(28)32-38-40-41-39-32/h7-19,23-24H,20-22H2,1-6H3,(H,38,39,40,41). The summed E-state index contributed by atoms with van der Waals surface area (Å²) < 4.78 is 5.12. The van der Waals surface area contributed by atoms with Crippen molar-refractivity contribution >= 4 is 11.2 Å². The van der Waals surface area contributed by atoms with E-state index in [0.717, 1.165) is 33.6 Å². The molecule has 10 nitrogen and oxygen atoms in total. The molecule has 10 heteroatoms. The Hall–Kier alpha value is -5.12. The number of fused-ring (bicyclic) bond motifs is 1. The number of nitrogens with one attached hydrogen (secondary N) is 1. The third kappa shape index (κ3) is 6.07. The Morgan fingerprint density at radius 2 is 1.50 bits per heavy atom. The van der Waals surface area contributed by atoms with Gasteiger partial charge in [0, 0.05) is 25.1 Å². The van der Waals surface area contributed by atoms with Gasteiger partial charge in [0.1, 0.15) is 5.82 Å². The molecule has 3 heterocycles. The van der Waals surface area contributed by atoms with E-state index in [1.54, 1.807) is 4.57 Å². The molecule has 0 bridgehead atoms. The van der Waals surface area contributed by atoms with Crippen LogP contribution in [0.1, 0.15) is 64.5 Å². The van der Waals surface area contributed by atoms with Crippen molar-refractivity contribution in [2.75, 3.05) is 0 Å². The van der Waals surface area contributed by atoms with Crippen LogP contribution in [0.2, 0.25) is 0 Å². The highest BCUT2D eigenvalue weighted by atomic mass is 16.2. The Labute approximate surface area is 267 Å². The van der Waals surface area contributed by atoms with Gasteiger partial charge in [0.05, 0.1) is 6.04 Å². The summed E-state index contributed by atoms with van der Waals surface area (Å²) in [5.74, 6) is 1.49. The molecule has 236 valence electrons. The molecule has 0 radical (unpaired) electrons. The number of benzene rings is 3. The van der Waals surface area contributed by atoms with Gasteiger partial charge in [-0.2, -0.15) is 0 Å². The molecule has 6 aromatic rings. The minimum Gasteiger partial charge on any atom is -0.318 e. The second kappa shape index (κ2) is 12.3. The van der Waals surface area contributed by atoms with Crippen molar-refractivity contribution in [1.29, 1.82) is 0 Å². The van der Waals surface area contributed by atoms with Crippen LogP contribution >= 0.6 is 0 Å². The van der Waals surface area contributed by atoms with Gasteiger partial charge in [-0.3, -0.25) is 13.9 Å². The first-order chi connectivity index (χ1) is 22.0. The van der Waals surface area contributed by atoms with Crippen molar-refractivity contribution in [3.63, 3.8) is 0 Å². The first kappa shape index (κ1) is 30.9. The number of aromatic amines is 1. The lowest BCUT2D eigenvalue weighted by Gasteiger charge is -2.20. The van der Waals surface area contributed by atoms with Crippen molar-refractivity contribution in [1.82, 2.24) is 39.3 Å². The molecule has 0 fully saturated rings. The molecule has 0 spiro atoms. The Morgan fingerprint density at radius 1 is 0.826 bits per heavy atom. The van der Waals surface area contributed by atoms with Gasteiger partial charge in [-0.1, -0.05) is 113 Å². The molecule has 3 aromatic carbocycles. The van der Waals surface area contributed by atoms with Gasteiger partial charge in [-0.25, -0.2) is 14.9 Å². The van der Waals surface area contributed by atoms with Crippen molar-refractivity contribution in [2.45, 2.75) is 67.1 Å². The third-order valence-electron chi connectivity index (χ3n) is 8.18. The molecular weight excluding hydrogens is 576 g/mol. The number of hydrogen-bond donors (Lipinski definition) is 1. The van der Waals surface area contributed by atoms with E-state index < -0.39 is 0 Å². The number of nitrogens with zero attached hydrogens (tertiary/aromatic N) is 7. The zero-order chi connectivity index (χ0) is 32.6. The number of aromatic nitrogens is 8. The maximum absolute atomic E-state index is 14.2. The van der Waals surface area contributed by atoms with Gasteiger partial charge in [0.25, 0.3) is 5.56 Å². The number of tetrazole rings is 1. The van der Waals surface area contributed by atoms with Crippen LogP contribution in [0.5, 0.6) is 0 Å². The van der Waals surface area contributed by atoms with Crippen LogP contribution < -0.4 is 11.2 Å². The molecule has 0 saturated heterocycles. The largest absolute Gasteiger partial charge is 0.333 e. The van der Waals surface area contributed by atoms with Crippen LogP contribution in [0, 0.1) is 11.3 Å². The van der Waals surface area contributed by atoms with E-state index in [1.807, 2.05) is 79.9 Å².